The Morgan fingerprint density at radius 2 is 1.97 bits per heavy atom. The first-order valence-electron chi connectivity index (χ1n) is 11.8. The summed E-state index contributed by atoms with van der Waals surface area (Å²) in [7, 11) is 0. The summed E-state index contributed by atoms with van der Waals surface area (Å²) in [5.74, 6) is -1.06. The lowest BCUT2D eigenvalue weighted by Gasteiger charge is -2.44. The fourth-order valence-corrected chi connectivity index (χ4v) is 4.84. The van der Waals surface area contributed by atoms with Crippen LogP contribution < -0.4 is 5.32 Å². The number of hydrogen-bond donors (Lipinski definition) is 2. The van der Waals surface area contributed by atoms with Gasteiger partial charge in [-0.15, -0.1) is 0 Å². The zero-order chi connectivity index (χ0) is 24.1. The zero-order valence-corrected chi connectivity index (χ0v) is 19.3. The van der Waals surface area contributed by atoms with Crippen LogP contribution >= 0.6 is 0 Å². The quantitative estimate of drug-likeness (QED) is 0.672. The molecule has 0 spiro atoms. The number of aliphatic hydroxyl groups excluding tert-OH is 1. The third kappa shape index (κ3) is 6.39. The maximum absolute atomic E-state index is 14.3. The minimum atomic E-state index is -0.736. The summed E-state index contributed by atoms with van der Waals surface area (Å²) in [5, 5.41) is 13.3. The monoisotopic (exact) mass is 474 g/mol. The molecule has 2 heterocycles. The van der Waals surface area contributed by atoms with Gasteiger partial charge in [-0.2, -0.15) is 0 Å². The van der Waals surface area contributed by atoms with Crippen LogP contribution in [0.5, 0.6) is 0 Å². The highest BCUT2D eigenvalue weighted by Crippen LogP contribution is 2.29. The highest BCUT2D eigenvalue weighted by atomic mass is 19.1. The molecular formula is C26H32F2N2O4. The molecule has 0 aliphatic carbocycles. The smallest absolute Gasteiger partial charge is 0.223 e. The molecule has 2 N–H and O–H groups in total. The van der Waals surface area contributed by atoms with Gasteiger partial charge in [-0.1, -0.05) is 30.3 Å². The molecule has 6 nitrogen and oxygen atoms in total. The summed E-state index contributed by atoms with van der Waals surface area (Å²) >= 11 is 0. The molecule has 2 aromatic carbocycles. The Morgan fingerprint density at radius 1 is 1.18 bits per heavy atom. The Labute approximate surface area is 198 Å². The number of fused-ring (bicyclic) bond motifs is 1. The van der Waals surface area contributed by atoms with Crippen molar-refractivity contribution in [2.45, 2.75) is 63.1 Å². The van der Waals surface area contributed by atoms with Gasteiger partial charge in [0.25, 0.3) is 0 Å². The molecule has 8 heteroatoms. The molecule has 184 valence electrons. The number of amides is 1. The van der Waals surface area contributed by atoms with Gasteiger partial charge in [0.1, 0.15) is 11.6 Å². The van der Waals surface area contributed by atoms with Crippen molar-refractivity contribution in [2.75, 3.05) is 19.8 Å². The summed E-state index contributed by atoms with van der Waals surface area (Å²) in [6.07, 6.45) is 0.255. The Kier molecular flexibility index (Phi) is 8.26. The van der Waals surface area contributed by atoms with Crippen molar-refractivity contribution in [1.29, 1.82) is 0 Å². The van der Waals surface area contributed by atoms with Crippen molar-refractivity contribution in [3.8, 4) is 0 Å². The van der Waals surface area contributed by atoms with E-state index in [1.165, 1.54) is 6.07 Å². The summed E-state index contributed by atoms with van der Waals surface area (Å²) in [6.45, 7) is 2.77. The Hall–Kier alpha value is -2.39. The third-order valence-corrected chi connectivity index (χ3v) is 6.56. The van der Waals surface area contributed by atoms with Crippen molar-refractivity contribution in [2.24, 2.45) is 0 Å². The van der Waals surface area contributed by atoms with Gasteiger partial charge in [-0.3, -0.25) is 9.69 Å². The Bertz CT molecular complexity index is 961. The van der Waals surface area contributed by atoms with E-state index in [4.69, 9.17) is 9.47 Å². The van der Waals surface area contributed by atoms with Crippen molar-refractivity contribution in [1.82, 2.24) is 10.2 Å². The van der Waals surface area contributed by atoms with Crippen LogP contribution in [0.4, 0.5) is 8.78 Å². The van der Waals surface area contributed by atoms with Crippen LogP contribution in [0.25, 0.3) is 0 Å². The van der Waals surface area contributed by atoms with Gasteiger partial charge in [0, 0.05) is 24.7 Å². The van der Waals surface area contributed by atoms with Gasteiger partial charge in [0.2, 0.25) is 5.91 Å². The van der Waals surface area contributed by atoms with E-state index in [0.29, 0.717) is 12.8 Å². The number of nitrogens with one attached hydrogen (secondary N) is 1. The number of ether oxygens (including phenoxy) is 2. The number of aliphatic hydroxyl groups is 1. The first-order valence-corrected chi connectivity index (χ1v) is 11.8. The topological polar surface area (TPSA) is 71.0 Å². The SMILES string of the molecule is C[C@H](NC(=O)C[C@H]1CC[C@@H]2[C@H](COC[C@@H](O)CN2Cc2cc(F)ccc2F)O1)c1ccccc1. The molecule has 0 radical (unpaired) electrons. The zero-order valence-electron chi connectivity index (χ0n) is 19.3. The van der Waals surface area contributed by atoms with Gasteiger partial charge in [0.05, 0.1) is 44.0 Å². The van der Waals surface area contributed by atoms with Crippen LogP contribution in [0.2, 0.25) is 0 Å². The van der Waals surface area contributed by atoms with E-state index in [2.05, 4.69) is 5.32 Å². The molecule has 0 unspecified atom stereocenters. The second kappa shape index (κ2) is 11.4. The molecule has 4 rings (SSSR count). The molecule has 2 aliphatic rings. The van der Waals surface area contributed by atoms with Crippen molar-refractivity contribution in [3.63, 3.8) is 0 Å². The van der Waals surface area contributed by atoms with Crippen molar-refractivity contribution >= 4 is 5.91 Å². The van der Waals surface area contributed by atoms with Gasteiger partial charge in [-0.05, 0) is 43.5 Å². The summed E-state index contributed by atoms with van der Waals surface area (Å²) in [5.41, 5.74) is 1.27. The fourth-order valence-electron chi connectivity index (χ4n) is 4.84. The number of nitrogens with zero attached hydrogens (tertiary/aromatic N) is 1. The number of rotatable bonds is 6. The molecule has 2 fully saturated rings. The average molecular weight is 475 g/mol. The predicted molar refractivity (Wildman–Crippen MR) is 123 cm³/mol. The molecule has 0 aromatic heterocycles. The molecule has 0 bridgehead atoms. The predicted octanol–water partition coefficient (Wildman–Crippen LogP) is 3.34. The van der Waals surface area contributed by atoms with Crippen LogP contribution in [-0.2, 0) is 20.8 Å². The van der Waals surface area contributed by atoms with Crippen LogP contribution in [-0.4, -0.2) is 60.0 Å². The average Bonchev–Trinajstić information content (AvgIpc) is 2.80. The largest absolute Gasteiger partial charge is 0.389 e. The maximum atomic E-state index is 14.3. The van der Waals surface area contributed by atoms with Crippen LogP contribution in [0, 0.1) is 11.6 Å². The van der Waals surface area contributed by atoms with Crippen LogP contribution in [0.15, 0.2) is 48.5 Å². The van der Waals surface area contributed by atoms with Crippen LogP contribution in [0.3, 0.4) is 0 Å². The van der Waals surface area contributed by atoms with E-state index in [0.717, 1.165) is 17.7 Å². The molecule has 0 saturated carbocycles. The standard InChI is InChI=1S/C26H32F2N2O4/c1-17(18-5-3-2-4-6-18)29-26(32)12-22-8-10-24-25(34-22)16-33-15-21(31)14-30(24)13-19-11-20(27)7-9-23(19)28/h2-7,9,11,17,21-22,24-25,31H,8,10,12-16H2,1H3,(H,29,32)/t17-,21-,22+,24+,25-/m0/s1. The molecule has 2 aliphatic heterocycles. The lowest BCUT2D eigenvalue weighted by Crippen LogP contribution is -2.55. The highest BCUT2D eigenvalue weighted by Gasteiger charge is 2.38. The minimum Gasteiger partial charge on any atom is -0.389 e. The van der Waals surface area contributed by atoms with Gasteiger partial charge < -0.3 is 19.9 Å². The van der Waals surface area contributed by atoms with E-state index < -0.39 is 17.7 Å². The number of carbonyl (C=O) groups excluding carboxylic acids is 1. The lowest BCUT2D eigenvalue weighted by atomic mass is 9.94. The number of carbonyl (C=O) groups is 1. The van der Waals surface area contributed by atoms with E-state index in [1.807, 2.05) is 42.2 Å². The lowest BCUT2D eigenvalue weighted by molar-refractivity contribution is -0.158. The number of hydrogen-bond acceptors (Lipinski definition) is 5. The summed E-state index contributed by atoms with van der Waals surface area (Å²) in [6, 6.07) is 12.9. The second-order valence-electron chi connectivity index (χ2n) is 9.20. The number of benzene rings is 2. The summed E-state index contributed by atoms with van der Waals surface area (Å²) in [4.78, 5) is 14.6. The first-order chi connectivity index (χ1) is 16.4. The Balaban J connectivity index is 1.39. The number of halogens is 2. The van der Waals surface area contributed by atoms with E-state index in [9.17, 15) is 18.7 Å². The molecular weight excluding hydrogens is 442 g/mol. The molecule has 2 aromatic rings. The van der Waals surface area contributed by atoms with Gasteiger partial charge in [0.15, 0.2) is 0 Å². The van der Waals surface area contributed by atoms with E-state index >= 15 is 0 Å². The van der Waals surface area contributed by atoms with Crippen LogP contribution in [0.1, 0.15) is 43.4 Å². The fraction of sp³-hybridized carbons (Fsp3) is 0.500. The van der Waals surface area contributed by atoms with Crippen molar-refractivity contribution < 1.29 is 28.2 Å². The molecule has 5 atom stereocenters. The maximum Gasteiger partial charge on any atom is 0.223 e. The highest BCUT2D eigenvalue weighted by molar-refractivity contribution is 5.77. The molecule has 34 heavy (non-hydrogen) atoms. The molecule has 2 saturated heterocycles. The number of β-amino-alcohol motifs (C(OH)–C–C–N with tert-alkyl or cyclic N) is 1. The van der Waals surface area contributed by atoms with Gasteiger partial charge in [-0.25, -0.2) is 8.78 Å². The van der Waals surface area contributed by atoms with Gasteiger partial charge >= 0.3 is 0 Å². The minimum absolute atomic E-state index is 0.0827. The first kappa shape index (κ1) is 24.7. The van der Waals surface area contributed by atoms with E-state index in [-0.39, 0.29) is 68.5 Å². The third-order valence-electron chi connectivity index (χ3n) is 6.56. The summed E-state index contributed by atoms with van der Waals surface area (Å²) < 4.78 is 39.9. The normalized spacial score (nSPS) is 26.7. The van der Waals surface area contributed by atoms with E-state index in [1.54, 1.807) is 0 Å². The molecule has 1 amide bonds. The Morgan fingerprint density at radius 3 is 2.76 bits per heavy atom. The second-order valence-corrected chi connectivity index (χ2v) is 9.20. The van der Waals surface area contributed by atoms with Crippen molar-refractivity contribution in [3.05, 3.63) is 71.3 Å².